The van der Waals surface area contributed by atoms with Crippen LogP contribution in [0.1, 0.15) is 18.9 Å². The van der Waals surface area contributed by atoms with Crippen molar-refractivity contribution in [1.29, 1.82) is 0 Å². The Labute approximate surface area is 97.0 Å². The topological polar surface area (TPSA) is 29.5 Å². The van der Waals surface area contributed by atoms with E-state index in [0.29, 0.717) is 13.0 Å². The van der Waals surface area contributed by atoms with Crippen molar-refractivity contribution in [2.75, 3.05) is 25.6 Å². The van der Waals surface area contributed by atoms with Crippen molar-refractivity contribution < 1.29 is 9.53 Å². The third-order valence-electron chi connectivity index (χ3n) is 2.66. The van der Waals surface area contributed by atoms with Crippen LogP contribution in [0.2, 0.25) is 0 Å². The highest BCUT2D eigenvalue weighted by Crippen LogP contribution is 2.14. The molecule has 0 amide bonds. The molecule has 16 heavy (non-hydrogen) atoms. The first-order chi connectivity index (χ1) is 7.67. The van der Waals surface area contributed by atoms with Gasteiger partial charge in [-0.05, 0) is 24.1 Å². The fraction of sp³-hybridized carbons (Fsp3) is 0.462. The number of hydrogen-bond donors (Lipinski definition) is 0. The Morgan fingerprint density at radius 1 is 1.31 bits per heavy atom. The summed E-state index contributed by atoms with van der Waals surface area (Å²) >= 11 is 0. The van der Waals surface area contributed by atoms with Gasteiger partial charge in [0, 0.05) is 19.3 Å². The van der Waals surface area contributed by atoms with Crippen molar-refractivity contribution in [3.63, 3.8) is 0 Å². The summed E-state index contributed by atoms with van der Waals surface area (Å²) in [4.78, 5) is 13.1. The van der Waals surface area contributed by atoms with Gasteiger partial charge < -0.3 is 9.64 Å². The van der Waals surface area contributed by atoms with E-state index < -0.39 is 0 Å². The van der Waals surface area contributed by atoms with Gasteiger partial charge in [0.15, 0.2) is 0 Å². The lowest BCUT2D eigenvalue weighted by Crippen LogP contribution is -2.21. The summed E-state index contributed by atoms with van der Waals surface area (Å²) in [6.45, 7) is 2.81. The van der Waals surface area contributed by atoms with Gasteiger partial charge in [-0.2, -0.15) is 0 Å². The molecule has 0 bridgehead atoms. The van der Waals surface area contributed by atoms with Gasteiger partial charge in [0.1, 0.15) is 0 Å². The van der Waals surface area contributed by atoms with E-state index in [4.69, 9.17) is 0 Å². The fourth-order valence-corrected chi connectivity index (χ4v) is 1.48. The van der Waals surface area contributed by atoms with Gasteiger partial charge in [0.05, 0.1) is 13.5 Å². The molecule has 0 atom stereocenters. The number of methoxy groups -OCH3 is 1. The minimum atomic E-state index is -0.169. The molecule has 1 rings (SSSR count). The molecule has 0 aliphatic carbocycles. The van der Waals surface area contributed by atoms with Gasteiger partial charge in [0.25, 0.3) is 0 Å². The largest absolute Gasteiger partial charge is 0.469 e. The molecule has 0 saturated heterocycles. The first kappa shape index (κ1) is 12.6. The van der Waals surface area contributed by atoms with E-state index in [0.717, 1.165) is 12.1 Å². The second-order valence-corrected chi connectivity index (χ2v) is 3.77. The molecule has 0 unspecified atom stereocenters. The Morgan fingerprint density at radius 3 is 2.44 bits per heavy atom. The Kier molecular flexibility index (Phi) is 4.83. The summed E-state index contributed by atoms with van der Waals surface area (Å²) in [6.07, 6.45) is 1.47. The van der Waals surface area contributed by atoms with Gasteiger partial charge >= 0.3 is 5.97 Å². The summed E-state index contributed by atoms with van der Waals surface area (Å²) in [6, 6.07) is 8.39. The Morgan fingerprint density at radius 2 is 1.94 bits per heavy atom. The third-order valence-corrected chi connectivity index (χ3v) is 2.66. The second-order valence-electron chi connectivity index (χ2n) is 3.77. The van der Waals surface area contributed by atoms with Gasteiger partial charge in [-0.25, -0.2) is 0 Å². The molecule has 1 aromatic rings. The monoisotopic (exact) mass is 221 g/mol. The summed E-state index contributed by atoms with van der Waals surface area (Å²) in [5.74, 6) is -0.169. The number of anilines is 1. The fourth-order valence-electron chi connectivity index (χ4n) is 1.48. The van der Waals surface area contributed by atoms with Gasteiger partial charge in [-0.3, -0.25) is 4.79 Å². The molecule has 88 valence electrons. The lowest BCUT2D eigenvalue weighted by atomic mass is 10.1. The Balaban J connectivity index is 2.52. The van der Waals surface area contributed by atoms with Gasteiger partial charge in [-0.15, -0.1) is 0 Å². The Hall–Kier alpha value is -1.51. The molecule has 0 aliphatic heterocycles. The first-order valence-electron chi connectivity index (χ1n) is 5.54. The molecule has 3 heteroatoms. The first-order valence-corrected chi connectivity index (χ1v) is 5.54. The molecule has 0 fully saturated rings. The van der Waals surface area contributed by atoms with Crippen LogP contribution in [0.5, 0.6) is 0 Å². The lowest BCUT2D eigenvalue weighted by molar-refractivity contribution is -0.140. The van der Waals surface area contributed by atoms with Crippen LogP contribution in [0.3, 0.4) is 0 Å². The number of carbonyl (C=O) groups is 1. The van der Waals surface area contributed by atoms with Crippen LogP contribution in [0.15, 0.2) is 24.3 Å². The van der Waals surface area contributed by atoms with Crippen molar-refractivity contribution in [3.05, 3.63) is 29.8 Å². The minimum absolute atomic E-state index is 0.169. The predicted octanol–water partition coefficient (Wildman–Crippen LogP) is 2.25. The maximum atomic E-state index is 11.0. The average Bonchev–Trinajstić information content (AvgIpc) is 2.35. The number of benzene rings is 1. The predicted molar refractivity (Wildman–Crippen MR) is 65.7 cm³/mol. The number of aryl methyl sites for hydroxylation is 1. The molecule has 0 aliphatic rings. The normalized spacial score (nSPS) is 9.94. The molecular formula is C13H19NO2. The molecule has 0 radical (unpaired) electrons. The van der Waals surface area contributed by atoms with E-state index >= 15 is 0 Å². The molecule has 1 aromatic carbocycles. The Bertz CT molecular complexity index is 332. The van der Waals surface area contributed by atoms with E-state index in [2.05, 4.69) is 40.8 Å². The average molecular weight is 221 g/mol. The number of hydrogen-bond acceptors (Lipinski definition) is 3. The standard InChI is InChI=1S/C13H19NO2/c1-4-11-5-7-12(8-6-11)14(2)10-9-13(15)16-3/h5-8H,4,9-10H2,1-3H3. The summed E-state index contributed by atoms with van der Waals surface area (Å²) in [5.41, 5.74) is 2.45. The van der Waals surface area contributed by atoms with E-state index in [9.17, 15) is 4.79 Å². The highest BCUT2D eigenvalue weighted by molar-refractivity contribution is 5.70. The lowest BCUT2D eigenvalue weighted by Gasteiger charge is -2.18. The zero-order valence-corrected chi connectivity index (χ0v) is 10.2. The summed E-state index contributed by atoms with van der Waals surface area (Å²) < 4.78 is 4.61. The van der Waals surface area contributed by atoms with Crippen molar-refractivity contribution in [2.24, 2.45) is 0 Å². The van der Waals surface area contributed by atoms with Crippen LogP contribution in [-0.2, 0) is 16.0 Å². The molecular weight excluding hydrogens is 202 g/mol. The van der Waals surface area contributed by atoms with Gasteiger partial charge in [0.2, 0.25) is 0 Å². The van der Waals surface area contributed by atoms with Crippen LogP contribution < -0.4 is 4.90 Å². The van der Waals surface area contributed by atoms with Crippen LogP contribution >= 0.6 is 0 Å². The van der Waals surface area contributed by atoms with Crippen LogP contribution in [-0.4, -0.2) is 26.7 Å². The molecule has 3 nitrogen and oxygen atoms in total. The number of carbonyl (C=O) groups excluding carboxylic acids is 1. The van der Waals surface area contributed by atoms with Crippen LogP contribution in [0.25, 0.3) is 0 Å². The van der Waals surface area contributed by atoms with Crippen molar-refractivity contribution in [3.8, 4) is 0 Å². The maximum absolute atomic E-state index is 11.0. The molecule has 0 heterocycles. The van der Waals surface area contributed by atoms with Gasteiger partial charge in [-0.1, -0.05) is 19.1 Å². The summed E-state index contributed by atoms with van der Waals surface area (Å²) in [5, 5.41) is 0. The molecule has 0 saturated carbocycles. The van der Waals surface area contributed by atoms with E-state index in [1.807, 2.05) is 7.05 Å². The second kappa shape index (κ2) is 6.16. The zero-order chi connectivity index (χ0) is 12.0. The number of nitrogens with zero attached hydrogens (tertiary/aromatic N) is 1. The van der Waals surface area contributed by atoms with Crippen molar-refractivity contribution in [2.45, 2.75) is 19.8 Å². The molecule has 0 N–H and O–H groups in total. The summed E-state index contributed by atoms with van der Waals surface area (Å²) in [7, 11) is 3.39. The highest BCUT2D eigenvalue weighted by atomic mass is 16.5. The minimum Gasteiger partial charge on any atom is -0.469 e. The molecule has 0 aromatic heterocycles. The number of ether oxygens (including phenoxy) is 1. The number of esters is 1. The van der Waals surface area contributed by atoms with Crippen LogP contribution in [0, 0.1) is 0 Å². The van der Waals surface area contributed by atoms with Crippen molar-refractivity contribution >= 4 is 11.7 Å². The highest BCUT2D eigenvalue weighted by Gasteiger charge is 2.04. The van der Waals surface area contributed by atoms with E-state index in [1.54, 1.807) is 0 Å². The zero-order valence-electron chi connectivity index (χ0n) is 10.2. The third kappa shape index (κ3) is 3.57. The van der Waals surface area contributed by atoms with E-state index in [-0.39, 0.29) is 5.97 Å². The van der Waals surface area contributed by atoms with E-state index in [1.165, 1.54) is 12.7 Å². The maximum Gasteiger partial charge on any atom is 0.307 e. The molecule has 0 spiro atoms. The smallest absolute Gasteiger partial charge is 0.307 e. The van der Waals surface area contributed by atoms with Crippen LogP contribution in [0.4, 0.5) is 5.69 Å². The number of rotatable bonds is 5. The SMILES string of the molecule is CCc1ccc(N(C)CCC(=O)OC)cc1. The van der Waals surface area contributed by atoms with Crippen molar-refractivity contribution in [1.82, 2.24) is 0 Å². The quantitative estimate of drug-likeness (QED) is 0.714.